The molecule has 2 N–H and O–H groups in total. The summed E-state index contributed by atoms with van der Waals surface area (Å²) in [7, 11) is 0. The molecule has 3 unspecified atom stereocenters. The Labute approximate surface area is 109 Å². The Morgan fingerprint density at radius 2 is 2.29 bits per heavy atom. The SMILES string of the molecule is CC(CC1CCCO1)NC(=O)C1CCCN1.Cl. The van der Waals surface area contributed by atoms with E-state index in [9.17, 15) is 4.79 Å². The lowest BCUT2D eigenvalue weighted by Crippen LogP contribution is -2.45. The fourth-order valence-electron chi connectivity index (χ4n) is 2.54. The first kappa shape index (κ1) is 14.7. The molecule has 2 heterocycles. The highest BCUT2D eigenvalue weighted by Crippen LogP contribution is 2.17. The number of carbonyl (C=O) groups excluding carboxylic acids is 1. The molecular formula is C12H23ClN2O2. The lowest BCUT2D eigenvalue weighted by atomic mass is 10.1. The number of hydrogen-bond donors (Lipinski definition) is 2. The molecule has 0 spiro atoms. The van der Waals surface area contributed by atoms with Crippen LogP contribution in [-0.4, -0.2) is 37.2 Å². The van der Waals surface area contributed by atoms with Crippen LogP contribution in [-0.2, 0) is 9.53 Å². The molecule has 3 atom stereocenters. The molecule has 5 heteroatoms. The second-order valence-electron chi connectivity index (χ2n) is 4.93. The number of hydrogen-bond acceptors (Lipinski definition) is 3. The predicted octanol–water partition coefficient (Wildman–Crippen LogP) is 1.23. The van der Waals surface area contributed by atoms with Gasteiger partial charge in [-0.25, -0.2) is 0 Å². The van der Waals surface area contributed by atoms with Crippen molar-refractivity contribution in [1.82, 2.24) is 10.6 Å². The largest absolute Gasteiger partial charge is 0.378 e. The van der Waals surface area contributed by atoms with E-state index in [0.717, 1.165) is 45.3 Å². The van der Waals surface area contributed by atoms with E-state index >= 15 is 0 Å². The van der Waals surface area contributed by atoms with Crippen LogP contribution in [0, 0.1) is 0 Å². The fraction of sp³-hybridized carbons (Fsp3) is 0.917. The monoisotopic (exact) mass is 262 g/mol. The van der Waals surface area contributed by atoms with Crippen LogP contribution in [0.5, 0.6) is 0 Å². The number of nitrogens with one attached hydrogen (secondary N) is 2. The Kier molecular flexibility index (Phi) is 6.23. The molecule has 0 aromatic carbocycles. The number of ether oxygens (including phenoxy) is 1. The van der Waals surface area contributed by atoms with Crippen molar-refractivity contribution in [3.05, 3.63) is 0 Å². The van der Waals surface area contributed by atoms with Gasteiger partial charge < -0.3 is 15.4 Å². The Morgan fingerprint density at radius 3 is 2.88 bits per heavy atom. The molecule has 4 nitrogen and oxygen atoms in total. The third-order valence-electron chi connectivity index (χ3n) is 3.41. The van der Waals surface area contributed by atoms with E-state index in [0.29, 0.717) is 6.10 Å². The first-order valence-corrected chi connectivity index (χ1v) is 6.41. The summed E-state index contributed by atoms with van der Waals surface area (Å²) in [5, 5.41) is 6.28. The van der Waals surface area contributed by atoms with Crippen LogP contribution in [0.25, 0.3) is 0 Å². The molecule has 0 aromatic heterocycles. The third-order valence-corrected chi connectivity index (χ3v) is 3.41. The highest BCUT2D eigenvalue weighted by molar-refractivity contribution is 5.85. The lowest BCUT2D eigenvalue weighted by Gasteiger charge is -2.19. The van der Waals surface area contributed by atoms with E-state index in [-0.39, 0.29) is 30.4 Å². The van der Waals surface area contributed by atoms with Crippen molar-refractivity contribution in [3.8, 4) is 0 Å². The van der Waals surface area contributed by atoms with Gasteiger partial charge in [0, 0.05) is 12.6 Å². The van der Waals surface area contributed by atoms with Crippen LogP contribution in [0.15, 0.2) is 0 Å². The molecule has 2 aliphatic heterocycles. The molecule has 0 aromatic rings. The maximum absolute atomic E-state index is 11.8. The zero-order valence-electron chi connectivity index (χ0n) is 10.4. The molecule has 0 saturated carbocycles. The van der Waals surface area contributed by atoms with Crippen molar-refractivity contribution >= 4 is 18.3 Å². The Hall–Kier alpha value is -0.320. The second-order valence-corrected chi connectivity index (χ2v) is 4.93. The summed E-state index contributed by atoms with van der Waals surface area (Å²) in [4.78, 5) is 11.8. The molecule has 0 bridgehead atoms. The van der Waals surface area contributed by atoms with Crippen LogP contribution in [0.4, 0.5) is 0 Å². The van der Waals surface area contributed by atoms with E-state index in [1.807, 2.05) is 0 Å². The molecule has 1 amide bonds. The maximum atomic E-state index is 11.8. The van der Waals surface area contributed by atoms with E-state index in [1.54, 1.807) is 0 Å². The lowest BCUT2D eigenvalue weighted by molar-refractivity contribution is -0.123. The Bertz CT molecular complexity index is 239. The fourth-order valence-corrected chi connectivity index (χ4v) is 2.54. The number of carbonyl (C=O) groups is 1. The van der Waals surface area contributed by atoms with Crippen molar-refractivity contribution in [1.29, 1.82) is 0 Å². The minimum atomic E-state index is 0. The summed E-state index contributed by atoms with van der Waals surface area (Å²) >= 11 is 0. The molecule has 17 heavy (non-hydrogen) atoms. The molecular weight excluding hydrogens is 240 g/mol. The minimum Gasteiger partial charge on any atom is -0.378 e. The van der Waals surface area contributed by atoms with Gasteiger partial charge in [0.2, 0.25) is 5.91 Å². The molecule has 0 aliphatic carbocycles. The van der Waals surface area contributed by atoms with Gasteiger partial charge in [0.15, 0.2) is 0 Å². The summed E-state index contributed by atoms with van der Waals surface area (Å²) in [6.07, 6.45) is 5.68. The van der Waals surface area contributed by atoms with E-state index < -0.39 is 0 Å². The first-order valence-electron chi connectivity index (χ1n) is 6.41. The van der Waals surface area contributed by atoms with Crippen LogP contribution in [0.2, 0.25) is 0 Å². The average molecular weight is 263 g/mol. The van der Waals surface area contributed by atoms with E-state index in [2.05, 4.69) is 17.6 Å². The van der Waals surface area contributed by atoms with Gasteiger partial charge in [-0.15, -0.1) is 12.4 Å². The van der Waals surface area contributed by atoms with Gasteiger partial charge in [-0.05, 0) is 45.6 Å². The topological polar surface area (TPSA) is 50.4 Å². The average Bonchev–Trinajstić information content (AvgIpc) is 2.88. The first-order chi connectivity index (χ1) is 7.75. The van der Waals surface area contributed by atoms with Crippen LogP contribution in [0.1, 0.15) is 39.0 Å². The van der Waals surface area contributed by atoms with Gasteiger partial charge in [-0.3, -0.25) is 4.79 Å². The number of amides is 1. The van der Waals surface area contributed by atoms with Crippen molar-refractivity contribution in [2.75, 3.05) is 13.2 Å². The van der Waals surface area contributed by atoms with Gasteiger partial charge in [-0.2, -0.15) is 0 Å². The normalized spacial score (nSPS) is 29.7. The number of rotatable bonds is 4. The molecule has 2 rings (SSSR count). The van der Waals surface area contributed by atoms with Crippen LogP contribution >= 0.6 is 12.4 Å². The summed E-state index contributed by atoms with van der Waals surface area (Å²) in [6, 6.07) is 0.255. The van der Waals surface area contributed by atoms with Gasteiger partial charge in [-0.1, -0.05) is 0 Å². The molecule has 0 radical (unpaired) electrons. The summed E-state index contributed by atoms with van der Waals surface area (Å²) in [5.41, 5.74) is 0. The Balaban J connectivity index is 0.00000144. The van der Waals surface area contributed by atoms with Crippen LogP contribution < -0.4 is 10.6 Å². The number of halogens is 1. The molecule has 2 saturated heterocycles. The quantitative estimate of drug-likeness (QED) is 0.801. The van der Waals surface area contributed by atoms with Crippen molar-refractivity contribution in [2.24, 2.45) is 0 Å². The van der Waals surface area contributed by atoms with E-state index in [1.165, 1.54) is 0 Å². The van der Waals surface area contributed by atoms with Gasteiger partial charge >= 0.3 is 0 Å². The minimum absolute atomic E-state index is 0. The summed E-state index contributed by atoms with van der Waals surface area (Å²) < 4.78 is 5.56. The highest BCUT2D eigenvalue weighted by atomic mass is 35.5. The van der Waals surface area contributed by atoms with Gasteiger partial charge in [0.05, 0.1) is 12.1 Å². The summed E-state index contributed by atoms with van der Waals surface area (Å²) in [5.74, 6) is 0.156. The maximum Gasteiger partial charge on any atom is 0.237 e. The second kappa shape index (κ2) is 7.19. The van der Waals surface area contributed by atoms with Crippen LogP contribution in [0.3, 0.4) is 0 Å². The van der Waals surface area contributed by atoms with Gasteiger partial charge in [0.25, 0.3) is 0 Å². The van der Waals surface area contributed by atoms with Gasteiger partial charge in [0.1, 0.15) is 0 Å². The smallest absolute Gasteiger partial charge is 0.237 e. The Morgan fingerprint density at radius 1 is 1.47 bits per heavy atom. The molecule has 2 fully saturated rings. The predicted molar refractivity (Wildman–Crippen MR) is 69.5 cm³/mol. The molecule has 100 valence electrons. The molecule has 2 aliphatic rings. The highest BCUT2D eigenvalue weighted by Gasteiger charge is 2.24. The summed E-state index contributed by atoms with van der Waals surface area (Å²) in [6.45, 7) is 3.92. The van der Waals surface area contributed by atoms with Crippen molar-refractivity contribution in [3.63, 3.8) is 0 Å². The standard InChI is InChI=1S/C12H22N2O2.ClH/c1-9(8-10-4-3-7-16-10)14-12(15)11-5-2-6-13-11;/h9-11,13H,2-8H2,1H3,(H,14,15);1H. The third kappa shape index (κ3) is 4.45. The van der Waals surface area contributed by atoms with E-state index in [4.69, 9.17) is 4.74 Å². The zero-order valence-corrected chi connectivity index (χ0v) is 11.2. The van der Waals surface area contributed by atoms with Crippen molar-refractivity contribution in [2.45, 2.75) is 57.2 Å². The zero-order chi connectivity index (χ0) is 11.4. The van der Waals surface area contributed by atoms with Crippen molar-refractivity contribution < 1.29 is 9.53 Å².